The highest BCUT2D eigenvalue weighted by Gasteiger charge is 2.33. The molecule has 1 heterocycles. The summed E-state index contributed by atoms with van der Waals surface area (Å²) in [7, 11) is 0. The lowest BCUT2D eigenvalue weighted by Gasteiger charge is -2.38. The van der Waals surface area contributed by atoms with Gasteiger partial charge in [-0.3, -0.25) is 4.79 Å². The van der Waals surface area contributed by atoms with Crippen molar-refractivity contribution in [3.8, 4) is 5.75 Å². The first-order valence-corrected chi connectivity index (χ1v) is 11.6. The largest absolute Gasteiger partial charge is 0.487 e. The number of carbonyl (C=O) groups is 1. The minimum atomic E-state index is -0.253. The van der Waals surface area contributed by atoms with Crippen LogP contribution in [0.15, 0.2) is 53.5 Å². The van der Waals surface area contributed by atoms with Crippen molar-refractivity contribution in [2.24, 2.45) is 4.99 Å². The van der Waals surface area contributed by atoms with Crippen molar-refractivity contribution in [3.05, 3.63) is 65.2 Å². The second-order valence-electron chi connectivity index (χ2n) is 8.67. The molecule has 3 rings (SSSR count). The zero-order valence-corrected chi connectivity index (χ0v) is 22.7. The Bertz CT molecular complexity index is 940. The molecule has 0 aliphatic carbocycles. The number of ether oxygens (including phenoxy) is 1. The monoisotopic (exact) mass is 564 g/mol. The van der Waals surface area contributed by atoms with Gasteiger partial charge in [0.05, 0.1) is 12.6 Å². The number of aliphatic imine (C=N–C) groups is 1. The summed E-state index contributed by atoms with van der Waals surface area (Å²) in [6, 6.07) is 16.0. The van der Waals surface area contributed by atoms with Gasteiger partial charge in [-0.2, -0.15) is 0 Å². The van der Waals surface area contributed by atoms with Gasteiger partial charge in [0.2, 0.25) is 0 Å². The Labute approximate surface area is 215 Å². The molecule has 33 heavy (non-hydrogen) atoms. The zero-order valence-electron chi connectivity index (χ0n) is 20.4. The van der Waals surface area contributed by atoms with Crippen LogP contribution < -0.4 is 15.4 Å². The molecule has 6 nitrogen and oxygen atoms in total. The molecule has 0 fully saturated rings. The summed E-state index contributed by atoms with van der Waals surface area (Å²) in [5.41, 5.74) is 2.67. The van der Waals surface area contributed by atoms with E-state index in [-0.39, 0.29) is 41.5 Å². The Hall–Kier alpha value is -2.29. The third-order valence-corrected chi connectivity index (χ3v) is 5.70. The fourth-order valence-electron chi connectivity index (χ4n) is 4.03. The topological polar surface area (TPSA) is 66.0 Å². The first-order chi connectivity index (χ1) is 15.4. The lowest BCUT2D eigenvalue weighted by atomic mass is 9.90. The summed E-state index contributed by atoms with van der Waals surface area (Å²) < 4.78 is 6.15. The normalized spacial score (nSPS) is 16.6. The molecule has 0 spiro atoms. The van der Waals surface area contributed by atoms with E-state index < -0.39 is 0 Å². The molecule has 2 aromatic rings. The zero-order chi connectivity index (χ0) is 23.1. The number of nitrogens with one attached hydrogen (secondary N) is 2. The van der Waals surface area contributed by atoms with E-state index in [4.69, 9.17) is 9.73 Å². The van der Waals surface area contributed by atoms with Crippen LogP contribution in [0.4, 0.5) is 0 Å². The SMILES string of the molecule is CCNC(=NCc1ccc(C(=O)N(CC)CC)cc1)NC1CC(C)(C)Oc2ccccc21.I. The van der Waals surface area contributed by atoms with Crippen LogP contribution in [0.25, 0.3) is 0 Å². The van der Waals surface area contributed by atoms with Crippen molar-refractivity contribution >= 4 is 35.8 Å². The molecule has 0 aromatic heterocycles. The molecule has 2 aromatic carbocycles. The third kappa shape index (κ3) is 7.09. The van der Waals surface area contributed by atoms with Crippen LogP contribution in [0.3, 0.4) is 0 Å². The number of halogens is 1. The maximum absolute atomic E-state index is 12.5. The van der Waals surface area contributed by atoms with Crippen LogP contribution in [0.5, 0.6) is 5.75 Å². The van der Waals surface area contributed by atoms with Crippen LogP contribution in [0.2, 0.25) is 0 Å². The van der Waals surface area contributed by atoms with E-state index in [1.165, 1.54) is 0 Å². The highest BCUT2D eigenvalue weighted by Crippen LogP contribution is 2.39. The van der Waals surface area contributed by atoms with Crippen molar-refractivity contribution in [2.75, 3.05) is 19.6 Å². The smallest absolute Gasteiger partial charge is 0.253 e. The molecule has 0 bridgehead atoms. The standard InChI is InChI=1S/C26H36N4O2.HI/c1-6-27-25(29-22-17-26(4,5)32-23-12-10-9-11-21(22)23)28-18-19-13-15-20(16-14-19)24(31)30(7-2)8-3;/h9-16,22H,6-8,17-18H2,1-5H3,(H2,27,28,29);1H. The summed E-state index contributed by atoms with van der Waals surface area (Å²) in [4.78, 5) is 19.1. The van der Waals surface area contributed by atoms with E-state index in [9.17, 15) is 4.79 Å². The van der Waals surface area contributed by atoms with Gasteiger partial charge in [-0.15, -0.1) is 24.0 Å². The number of para-hydroxylation sites is 1. The maximum Gasteiger partial charge on any atom is 0.253 e. The Morgan fingerprint density at radius 1 is 1.09 bits per heavy atom. The second-order valence-corrected chi connectivity index (χ2v) is 8.67. The molecule has 1 unspecified atom stereocenters. The number of amides is 1. The minimum Gasteiger partial charge on any atom is -0.487 e. The summed E-state index contributed by atoms with van der Waals surface area (Å²) >= 11 is 0. The van der Waals surface area contributed by atoms with Crippen LogP contribution in [-0.4, -0.2) is 42.0 Å². The molecular formula is C26H37IN4O2. The fraction of sp³-hybridized carbons (Fsp3) is 0.462. The summed E-state index contributed by atoms with van der Waals surface area (Å²) in [5.74, 6) is 1.76. The van der Waals surface area contributed by atoms with Crippen molar-refractivity contribution in [2.45, 2.75) is 59.2 Å². The number of hydrogen-bond acceptors (Lipinski definition) is 3. The van der Waals surface area contributed by atoms with Crippen molar-refractivity contribution in [1.29, 1.82) is 0 Å². The second kappa shape index (κ2) is 12.3. The van der Waals surface area contributed by atoms with Crippen LogP contribution >= 0.6 is 24.0 Å². The number of nitrogens with zero attached hydrogens (tertiary/aromatic N) is 2. The molecule has 0 saturated heterocycles. The highest BCUT2D eigenvalue weighted by atomic mass is 127. The van der Waals surface area contributed by atoms with E-state index in [0.29, 0.717) is 25.2 Å². The Balaban J connectivity index is 0.00000385. The number of fused-ring (bicyclic) bond motifs is 1. The van der Waals surface area contributed by atoms with Gasteiger partial charge < -0.3 is 20.3 Å². The molecular weight excluding hydrogens is 527 g/mol. The van der Waals surface area contributed by atoms with Gasteiger partial charge in [-0.05, 0) is 58.4 Å². The maximum atomic E-state index is 12.5. The van der Waals surface area contributed by atoms with Gasteiger partial charge >= 0.3 is 0 Å². The van der Waals surface area contributed by atoms with Gasteiger partial charge in [-0.25, -0.2) is 4.99 Å². The summed E-state index contributed by atoms with van der Waals surface area (Å²) in [6.45, 7) is 13.0. The Kier molecular flexibility index (Phi) is 10.0. The van der Waals surface area contributed by atoms with Crippen molar-refractivity contribution in [1.82, 2.24) is 15.5 Å². The lowest BCUT2D eigenvalue weighted by Crippen LogP contribution is -2.45. The van der Waals surface area contributed by atoms with Crippen molar-refractivity contribution in [3.63, 3.8) is 0 Å². The van der Waals surface area contributed by atoms with E-state index in [1.807, 2.05) is 61.2 Å². The third-order valence-electron chi connectivity index (χ3n) is 5.70. The summed E-state index contributed by atoms with van der Waals surface area (Å²) in [5, 5.41) is 6.95. The summed E-state index contributed by atoms with van der Waals surface area (Å²) in [6.07, 6.45) is 0.844. The van der Waals surface area contributed by atoms with Crippen molar-refractivity contribution < 1.29 is 9.53 Å². The molecule has 0 radical (unpaired) electrons. The number of guanidine groups is 1. The number of benzene rings is 2. The Morgan fingerprint density at radius 3 is 2.39 bits per heavy atom. The van der Waals surface area contributed by atoms with Crippen LogP contribution in [0.1, 0.15) is 68.6 Å². The van der Waals surface area contributed by atoms with Gasteiger partial charge in [-0.1, -0.05) is 30.3 Å². The molecule has 180 valence electrons. The van der Waals surface area contributed by atoms with Gasteiger partial charge in [0.1, 0.15) is 11.4 Å². The van der Waals surface area contributed by atoms with Crippen LogP contribution in [0, 0.1) is 0 Å². The molecule has 1 aliphatic rings. The Morgan fingerprint density at radius 2 is 1.76 bits per heavy atom. The molecule has 1 amide bonds. The predicted molar refractivity (Wildman–Crippen MR) is 146 cm³/mol. The minimum absolute atomic E-state index is 0. The van der Waals surface area contributed by atoms with E-state index in [0.717, 1.165) is 35.8 Å². The van der Waals surface area contributed by atoms with E-state index in [1.54, 1.807) is 0 Å². The molecule has 2 N–H and O–H groups in total. The van der Waals surface area contributed by atoms with Gasteiger partial charge in [0.15, 0.2) is 5.96 Å². The lowest BCUT2D eigenvalue weighted by molar-refractivity contribution is 0.0693. The van der Waals surface area contributed by atoms with Gasteiger partial charge in [0.25, 0.3) is 5.91 Å². The van der Waals surface area contributed by atoms with Crippen LogP contribution in [-0.2, 0) is 6.54 Å². The van der Waals surface area contributed by atoms with E-state index in [2.05, 4.69) is 37.5 Å². The number of hydrogen-bond donors (Lipinski definition) is 2. The predicted octanol–water partition coefficient (Wildman–Crippen LogP) is 5.14. The molecule has 7 heteroatoms. The highest BCUT2D eigenvalue weighted by molar-refractivity contribution is 14.0. The first kappa shape index (κ1) is 27.0. The fourth-order valence-corrected chi connectivity index (χ4v) is 4.03. The number of rotatable bonds is 7. The molecule has 1 aliphatic heterocycles. The van der Waals surface area contributed by atoms with E-state index >= 15 is 0 Å². The average molecular weight is 565 g/mol. The molecule has 1 atom stereocenters. The van der Waals surface area contributed by atoms with Gasteiger partial charge in [0, 0.05) is 37.2 Å². The average Bonchev–Trinajstić information content (AvgIpc) is 2.78. The first-order valence-electron chi connectivity index (χ1n) is 11.6. The number of carbonyl (C=O) groups excluding carboxylic acids is 1. The quantitative estimate of drug-likeness (QED) is 0.278. The molecule has 0 saturated carbocycles.